The van der Waals surface area contributed by atoms with E-state index in [1.807, 2.05) is 0 Å². The summed E-state index contributed by atoms with van der Waals surface area (Å²) in [7, 11) is 0. The fourth-order valence-corrected chi connectivity index (χ4v) is 3.53. The molecular weight excluding hydrogens is 342 g/mol. The molecule has 0 fully saturated rings. The highest BCUT2D eigenvalue weighted by molar-refractivity contribution is 6.01. The first-order valence-corrected chi connectivity index (χ1v) is 9.84. The van der Waals surface area contributed by atoms with Crippen molar-refractivity contribution < 1.29 is 0 Å². The second-order valence-corrected chi connectivity index (χ2v) is 6.89. The van der Waals surface area contributed by atoms with Crippen molar-refractivity contribution in [1.29, 1.82) is 0 Å². The van der Waals surface area contributed by atoms with Gasteiger partial charge in [0.1, 0.15) is 5.84 Å². The molecule has 0 aliphatic carbocycles. The van der Waals surface area contributed by atoms with E-state index >= 15 is 0 Å². The van der Waals surface area contributed by atoms with Gasteiger partial charge in [0.05, 0.1) is 6.04 Å². The summed E-state index contributed by atoms with van der Waals surface area (Å²) in [5.41, 5.74) is 6.25. The van der Waals surface area contributed by atoms with Crippen molar-refractivity contribution in [2.24, 2.45) is 15.4 Å². The standard InChI is InChI=1S/C18H29N9/c1-6-11(7-2)20-14-25-16-22-12(18(8-3,9-4)10-5)21-15-23-13(19)24-17(26-14)27(15)16/h11H,6-10H2,1-5H3,(H3,19,20,21,22,23,24,25,26). The Hall–Kier alpha value is -2.58. The van der Waals surface area contributed by atoms with Crippen LogP contribution in [0, 0.1) is 5.41 Å². The minimum absolute atomic E-state index is 0.0675. The Morgan fingerprint density at radius 1 is 1.00 bits per heavy atom. The molecule has 0 unspecified atom stereocenters. The molecule has 2 aromatic rings. The van der Waals surface area contributed by atoms with Crippen LogP contribution in [0.4, 0.5) is 17.8 Å². The number of aromatic nitrogens is 5. The van der Waals surface area contributed by atoms with E-state index in [9.17, 15) is 0 Å². The number of aliphatic imine (C=N–C) groups is 1. The summed E-state index contributed by atoms with van der Waals surface area (Å²) < 4.78 is 1.69. The maximum atomic E-state index is 5.92. The molecule has 0 spiro atoms. The minimum Gasteiger partial charge on any atom is -0.368 e. The second kappa shape index (κ2) is 7.58. The topological polar surface area (TPSA) is 119 Å². The first-order valence-electron chi connectivity index (χ1n) is 9.84. The molecule has 0 bridgehead atoms. The highest BCUT2D eigenvalue weighted by atomic mass is 15.4. The third-order valence-corrected chi connectivity index (χ3v) is 5.66. The van der Waals surface area contributed by atoms with Crippen LogP contribution in [-0.2, 0) is 0 Å². The Labute approximate surface area is 159 Å². The van der Waals surface area contributed by atoms with E-state index in [1.54, 1.807) is 4.40 Å². The van der Waals surface area contributed by atoms with Crippen molar-refractivity contribution in [3.05, 3.63) is 5.62 Å². The lowest BCUT2D eigenvalue weighted by Gasteiger charge is -2.34. The normalized spacial score (nSPS) is 14.6. The molecule has 3 N–H and O–H groups in total. The monoisotopic (exact) mass is 371 g/mol. The molecule has 9 heteroatoms. The zero-order valence-corrected chi connectivity index (χ0v) is 16.8. The fourth-order valence-electron chi connectivity index (χ4n) is 3.53. The molecule has 2 aromatic heterocycles. The van der Waals surface area contributed by atoms with Crippen molar-refractivity contribution in [3.63, 3.8) is 0 Å². The van der Waals surface area contributed by atoms with E-state index < -0.39 is 0 Å². The van der Waals surface area contributed by atoms with Crippen LogP contribution in [-0.4, -0.2) is 36.2 Å². The van der Waals surface area contributed by atoms with Crippen molar-refractivity contribution >= 4 is 29.5 Å². The van der Waals surface area contributed by atoms with E-state index in [1.165, 1.54) is 0 Å². The number of nitrogens with one attached hydrogen (secondary N) is 1. The molecule has 0 saturated heterocycles. The zero-order valence-electron chi connectivity index (χ0n) is 16.8. The van der Waals surface area contributed by atoms with Gasteiger partial charge in [0.25, 0.3) is 5.62 Å². The average Bonchev–Trinajstić information content (AvgIpc) is 2.67. The molecular formula is C18H29N9. The van der Waals surface area contributed by atoms with E-state index in [0.717, 1.165) is 37.9 Å². The van der Waals surface area contributed by atoms with Gasteiger partial charge in [0.15, 0.2) is 0 Å². The molecule has 0 saturated carbocycles. The minimum atomic E-state index is -0.0675. The number of nitrogen functional groups attached to an aromatic ring is 1. The Kier molecular flexibility index (Phi) is 5.38. The van der Waals surface area contributed by atoms with Gasteiger partial charge < -0.3 is 11.1 Å². The van der Waals surface area contributed by atoms with Crippen LogP contribution < -0.4 is 16.7 Å². The Morgan fingerprint density at radius 3 is 2.26 bits per heavy atom. The van der Waals surface area contributed by atoms with Crippen LogP contribution in [0.2, 0.25) is 0 Å². The number of rotatable bonds is 7. The van der Waals surface area contributed by atoms with E-state index in [0.29, 0.717) is 23.3 Å². The molecule has 27 heavy (non-hydrogen) atoms. The summed E-state index contributed by atoms with van der Waals surface area (Å²) in [6, 6.07) is 0.171. The van der Waals surface area contributed by atoms with Crippen molar-refractivity contribution in [1.82, 2.24) is 24.3 Å². The number of hydrogen-bond donors (Lipinski definition) is 2. The predicted octanol–water partition coefficient (Wildman–Crippen LogP) is 2.86. The smallest absolute Gasteiger partial charge is 0.251 e. The Balaban J connectivity index is 2.26. The van der Waals surface area contributed by atoms with Crippen LogP contribution in [0.1, 0.15) is 66.7 Å². The lowest BCUT2D eigenvalue weighted by Crippen LogP contribution is -2.38. The number of anilines is 2. The first-order chi connectivity index (χ1) is 13.0. The highest BCUT2D eigenvalue weighted by Gasteiger charge is 2.34. The summed E-state index contributed by atoms with van der Waals surface area (Å²) in [6.45, 7) is 10.7. The van der Waals surface area contributed by atoms with E-state index in [-0.39, 0.29) is 17.4 Å². The van der Waals surface area contributed by atoms with Gasteiger partial charge in [-0.15, -0.1) is 0 Å². The maximum Gasteiger partial charge on any atom is 0.251 e. The van der Waals surface area contributed by atoms with Gasteiger partial charge in [-0.1, -0.05) is 34.6 Å². The molecule has 3 rings (SSSR count). The second-order valence-electron chi connectivity index (χ2n) is 6.89. The van der Waals surface area contributed by atoms with Gasteiger partial charge in [-0.05, 0) is 32.1 Å². The van der Waals surface area contributed by atoms with Crippen LogP contribution in [0.3, 0.4) is 0 Å². The summed E-state index contributed by atoms with van der Waals surface area (Å²) in [5, 5.41) is 3.35. The zero-order chi connectivity index (χ0) is 19.6. The lowest BCUT2D eigenvalue weighted by atomic mass is 9.78. The van der Waals surface area contributed by atoms with Crippen molar-refractivity contribution in [3.8, 4) is 0 Å². The summed E-state index contributed by atoms with van der Waals surface area (Å²) in [4.78, 5) is 27.2. The van der Waals surface area contributed by atoms with Gasteiger partial charge in [0, 0.05) is 5.41 Å². The van der Waals surface area contributed by atoms with Crippen molar-refractivity contribution in [2.75, 3.05) is 11.1 Å². The fraction of sp³-hybridized carbons (Fsp3) is 0.667. The molecule has 9 nitrogen and oxygen atoms in total. The van der Waals surface area contributed by atoms with Crippen LogP contribution in [0.25, 0.3) is 5.78 Å². The van der Waals surface area contributed by atoms with Gasteiger partial charge >= 0.3 is 0 Å². The SMILES string of the molecule is CCC(CC)N=c1nc2n3c(nc(N)nc3n1)NC(C(CC)(CC)CC)=N2. The van der Waals surface area contributed by atoms with E-state index in [2.05, 4.69) is 64.9 Å². The average molecular weight is 371 g/mol. The van der Waals surface area contributed by atoms with Crippen LogP contribution in [0.15, 0.2) is 9.98 Å². The molecule has 0 amide bonds. The molecule has 0 aromatic carbocycles. The third-order valence-electron chi connectivity index (χ3n) is 5.66. The largest absolute Gasteiger partial charge is 0.368 e. The number of hydrogen-bond acceptors (Lipinski definition) is 8. The molecule has 1 aliphatic heterocycles. The van der Waals surface area contributed by atoms with Crippen LogP contribution >= 0.6 is 0 Å². The molecule has 146 valence electrons. The summed E-state index contributed by atoms with van der Waals surface area (Å²) in [6.07, 6.45) is 4.75. The predicted molar refractivity (Wildman–Crippen MR) is 107 cm³/mol. The Morgan fingerprint density at radius 2 is 1.67 bits per heavy atom. The Bertz CT molecular complexity index is 912. The van der Waals surface area contributed by atoms with Gasteiger partial charge in [-0.2, -0.15) is 24.9 Å². The van der Waals surface area contributed by atoms with Gasteiger partial charge in [-0.3, -0.25) is 0 Å². The number of amidine groups is 1. The summed E-state index contributed by atoms with van der Waals surface area (Å²) >= 11 is 0. The van der Waals surface area contributed by atoms with E-state index in [4.69, 9.17) is 10.7 Å². The lowest BCUT2D eigenvalue weighted by molar-refractivity contribution is 0.372. The van der Waals surface area contributed by atoms with Gasteiger partial charge in [0.2, 0.25) is 23.6 Å². The third kappa shape index (κ3) is 3.38. The molecule has 0 radical (unpaired) electrons. The number of nitrogens with zero attached hydrogens (tertiary/aromatic N) is 7. The molecule has 1 aliphatic rings. The molecule has 3 heterocycles. The number of nitrogens with two attached hydrogens (primary N) is 1. The first kappa shape index (κ1) is 19.2. The molecule has 0 atom stereocenters. The van der Waals surface area contributed by atoms with Crippen LogP contribution in [0.5, 0.6) is 0 Å². The van der Waals surface area contributed by atoms with Gasteiger partial charge in [-0.25, -0.2) is 9.39 Å². The quantitative estimate of drug-likeness (QED) is 0.772. The summed E-state index contributed by atoms with van der Waals surface area (Å²) in [5.74, 6) is 2.46. The maximum absolute atomic E-state index is 5.92. The van der Waals surface area contributed by atoms with Crippen molar-refractivity contribution in [2.45, 2.75) is 72.8 Å². The highest BCUT2D eigenvalue weighted by Crippen LogP contribution is 2.35.